The maximum atomic E-state index is 13.0. The molecule has 4 N–H and O–H groups in total. The predicted molar refractivity (Wildman–Crippen MR) is 124 cm³/mol. The summed E-state index contributed by atoms with van der Waals surface area (Å²) >= 11 is 0. The first-order valence-electron chi connectivity index (χ1n) is 9.50. The molecule has 2 heterocycles. The highest BCUT2D eigenvalue weighted by atomic mass is 32.2. The third kappa shape index (κ3) is 4.50. The lowest BCUT2D eigenvalue weighted by Crippen LogP contribution is -2.21. The van der Waals surface area contributed by atoms with Crippen molar-refractivity contribution in [2.24, 2.45) is 15.4 Å². The van der Waals surface area contributed by atoms with E-state index in [1.54, 1.807) is 48.0 Å². The number of primary sulfonamides is 2. The number of hydrogen-bond acceptors (Lipinski definition) is 6. The third-order valence-corrected chi connectivity index (χ3v) is 6.85. The molecule has 0 radical (unpaired) electrons. The van der Waals surface area contributed by atoms with Gasteiger partial charge in [0.15, 0.2) is 0 Å². The van der Waals surface area contributed by atoms with E-state index in [-0.39, 0.29) is 15.7 Å². The van der Waals surface area contributed by atoms with E-state index < -0.39 is 20.0 Å². The van der Waals surface area contributed by atoms with Gasteiger partial charge in [-0.2, -0.15) is 10.1 Å². The summed E-state index contributed by atoms with van der Waals surface area (Å²) in [6.45, 7) is 1.69. The molecule has 10 nitrogen and oxygen atoms in total. The Kier molecular flexibility index (Phi) is 5.54. The molecule has 170 valence electrons. The molecule has 0 saturated carbocycles. The molecule has 1 aromatic heterocycles. The van der Waals surface area contributed by atoms with Crippen LogP contribution in [0.5, 0.6) is 0 Å². The zero-order chi connectivity index (χ0) is 24.0. The predicted octanol–water partition coefficient (Wildman–Crippen LogP) is 1.58. The molecule has 3 aromatic rings. The minimum absolute atomic E-state index is 0.00337. The molecule has 2 aromatic carbocycles. The van der Waals surface area contributed by atoms with Crippen LogP contribution in [0.1, 0.15) is 12.6 Å². The number of benzene rings is 2. The molecule has 12 heteroatoms. The Bertz CT molecular complexity index is 1520. The highest BCUT2D eigenvalue weighted by Crippen LogP contribution is 2.27. The second kappa shape index (κ2) is 8.08. The first-order chi connectivity index (χ1) is 15.4. The molecule has 33 heavy (non-hydrogen) atoms. The van der Waals surface area contributed by atoms with Crippen LogP contribution in [-0.4, -0.2) is 33.0 Å². The van der Waals surface area contributed by atoms with Crippen molar-refractivity contribution in [3.8, 4) is 5.69 Å². The maximum absolute atomic E-state index is 13.0. The van der Waals surface area contributed by atoms with Gasteiger partial charge in [0.1, 0.15) is 0 Å². The number of sulfonamides is 2. The highest BCUT2D eigenvalue weighted by molar-refractivity contribution is 7.89. The smallest absolute Gasteiger partial charge is 0.280 e. The Morgan fingerprint density at radius 1 is 0.818 bits per heavy atom. The van der Waals surface area contributed by atoms with Crippen LogP contribution in [0.2, 0.25) is 0 Å². The fraction of sp³-hybridized carbons (Fsp3) is 0.0476. The van der Waals surface area contributed by atoms with E-state index in [9.17, 15) is 21.6 Å². The molecule has 0 saturated heterocycles. The lowest BCUT2D eigenvalue weighted by atomic mass is 10.1. The van der Waals surface area contributed by atoms with Crippen molar-refractivity contribution < 1.29 is 21.6 Å². The van der Waals surface area contributed by atoms with Crippen LogP contribution in [0.3, 0.4) is 0 Å². The Labute approximate surface area is 190 Å². The number of carbonyl (C=O) groups is 1. The number of carbonyl (C=O) groups excluding carboxylic acids is 1. The average molecular weight is 486 g/mol. The Hall–Kier alpha value is -3.58. The van der Waals surface area contributed by atoms with Gasteiger partial charge >= 0.3 is 0 Å². The van der Waals surface area contributed by atoms with Crippen molar-refractivity contribution in [3.63, 3.8) is 0 Å². The third-order valence-electron chi connectivity index (χ3n) is 4.99. The van der Waals surface area contributed by atoms with E-state index in [0.29, 0.717) is 28.4 Å². The molecule has 0 bridgehead atoms. The Balaban J connectivity index is 1.65. The first-order valence-corrected chi connectivity index (χ1v) is 12.6. The summed E-state index contributed by atoms with van der Waals surface area (Å²) in [5.41, 5.74) is 2.57. The number of hydrazone groups is 1. The topological polar surface area (TPSA) is 158 Å². The van der Waals surface area contributed by atoms with E-state index in [2.05, 4.69) is 5.10 Å². The summed E-state index contributed by atoms with van der Waals surface area (Å²) in [5, 5.41) is 15.7. The van der Waals surface area contributed by atoms with Crippen LogP contribution in [0.25, 0.3) is 11.8 Å². The van der Waals surface area contributed by atoms with Gasteiger partial charge in [-0.15, -0.1) is 0 Å². The van der Waals surface area contributed by atoms with Crippen LogP contribution in [0.4, 0.5) is 5.69 Å². The summed E-state index contributed by atoms with van der Waals surface area (Å²) in [5.74, 6) is -0.381. The summed E-state index contributed by atoms with van der Waals surface area (Å²) in [6, 6.07) is 15.1. The second-order valence-corrected chi connectivity index (χ2v) is 10.4. The van der Waals surface area contributed by atoms with Crippen molar-refractivity contribution in [3.05, 3.63) is 78.1 Å². The Morgan fingerprint density at radius 2 is 1.33 bits per heavy atom. The van der Waals surface area contributed by atoms with Crippen molar-refractivity contribution in [2.45, 2.75) is 16.7 Å². The summed E-state index contributed by atoms with van der Waals surface area (Å²) < 4.78 is 47.7. The number of rotatable bonds is 5. The highest BCUT2D eigenvalue weighted by Gasteiger charge is 2.29. The van der Waals surface area contributed by atoms with Gasteiger partial charge in [0.2, 0.25) is 20.0 Å². The normalized spacial score (nSPS) is 15.8. The lowest BCUT2D eigenvalue weighted by molar-refractivity contribution is -0.114. The number of anilines is 1. The van der Waals surface area contributed by atoms with Gasteiger partial charge in [0, 0.05) is 17.6 Å². The van der Waals surface area contributed by atoms with Gasteiger partial charge in [-0.25, -0.2) is 27.1 Å². The number of nitrogens with zero attached hydrogens (tertiary/aromatic N) is 3. The zero-order valence-electron chi connectivity index (χ0n) is 17.3. The molecule has 0 aliphatic carbocycles. The molecule has 0 unspecified atom stereocenters. The van der Waals surface area contributed by atoms with Crippen molar-refractivity contribution in [2.75, 3.05) is 5.01 Å². The summed E-state index contributed by atoms with van der Waals surface area (Å²) in [7, 11) is -7.65. The maximum Gasteiger partial charge on any atom is 0.280 e. The average Bonchev–Trinajstić information content (AvgIpc) is 3.33. The van der Waals surface area contributed by atoms with Gasteiger partial charge in [-0.05, 0) is 73.7 Å². The second-order valence-electron chi connectivity index (χ2n) is 7.24. The fourth-order valence-electron chi connectivity index (χ4n) is 3.33. The first kappa shape index (κ1) is 22.6. The van der Waals surface area contributed by atoms with Crippen molar-refractivity contribution in [1.82, 2.24) is 4.57 Å². The van der Waals surface area contributed by atoms with Crippen molar-refractivity contribution >= 4 is 43.4 Å². The molecule has 1 aliphatic heterocycles. The molecular weight excluding hydrogens is 466 g/mol. The van der Waals surface area contributed by atoms with E-state index in [4.69, 9.17) is 10.3 Å². The molecule has 1 amide bonds. The molecule has 0 fully saturated rings. The summed E-state index contributed by atoms with van der Waals surface area (Å²) in [6.07, 6.45) is 3.45. The molecule has 0 atom stereocenters. The van der Waals surface area contributed by atoms with E-state index in [0.717, 1.165) is 0 Å². The number of hydrogen-bond donors (Lipinski definition) is 2. The van der Waals surface area contributed by atoms with Crippen LogP contribution < -0.4 is 15.3 Å². The number of amides is 1. The van der Waals surface area contributed by atoms with Gasteiger partial charge in [-0.1, -0.05) is 0 Å². The largest absolute Gasteiger partial charge is 0.317 e. The number of aromatic nitrogens is 1. The van der Waals surface area contributed by atoms with E-state index >= 15 is 0 Å². The SMILES string of the molecule is CC1=NN(c2ccc(S(N)(=O)=O)cc2)C(=O)/C1=C\c1cccn1-c1ccc(S(N)(=O)=O)cc1. The zero-order valence-corrected chi connectivity index (χ0v) is 18.9. The minimum atomic E-state index is -3.85. The van der Waals surface area contributed by atoms with E-state index in [1.165, 1.54) is 41.4 Å². The van der Waals surface area contributed by atoms with Gasteiger partial charge in [0.05, 0.1) is 26.8 Å². The molecule has 4 rings (SSSR count). The Morgan fingerprint density at radius 3 is 1.85 bits per heavy atom. The molecular formula is C21H19N5O5S2. The molecule has 1 aliphatic rings. The minimum Gasteiger partial charge on any atom is -0.317 e. The van der Waals surface area contributed by atoms with E-state index in [1.807, 2.05) is 0 Å². The molecule has 0 spiro atoms. The van der Waals surface area contributed by atoms with Gasteiger partial charge in [-0.3, -0.25) is 4.79 Å². The number of nitrogens with two attached hydrogens (primary N) is 2. The van der Waals surface area contributed by atoms with Gasteiger partial charge < -0.3 is 4.57 Å². The van der Waals surface area contributed by atoms with Crippen LogP contribution in [0.15, 0.2) is 87.3 Å². The van der Waals surface area contributed by atoms with Crippen molar-refractivity contribution in [1.29, 1.82) is 0 Å². The van der Waals surface area contributed by atoms with Crippen LogP contribution in [0, 0.1) is 0 Å². The van der Waals surface area contributed by atoms with Crippen LogP contribution >= 0.6 is 0 Å². The summed E-state index contributed by atoms with van der Waals surface area (Å²) in [4.78, 5) is 13.0. The quantitative estimate of drug-likeness (QED) is 0.524. The fourth-order valence-corrected chi connectivity index (χ4v) is 4.36. The van der Waals surface area contributed by atoms with Crippen LogP contribution in [-0.2, 0) is 24.8 Å². The standard InChI is InChI=1S/C21H19N5O5S2/c1-14-20(21(27)26(24-14)16-6-10-19(11-7-16)33(23,30)31)13-17-3-2-12-25(17)15-4-8-18(9-5-15)32(22,28)29/h2-13H,1H3,(H2,22,28,29)(H2,23,30,31)/b20-13-. The lowest BCUT2D eigenvalue weighted by Gasteiger charge is -2.12. The van der Waals surface area contributed by atoms with Gasteiger partial charge in [0.25, 0.3) is 5.91 Å². The monoisotopic (exact) mass is 485 g/mol.